The van der Waals surface area contributed by atoms with Gasteiger partial charge in [-0.2, -0.15) is 0 Å². The van der Waals surface area contributed by atoms with Gasteiger partial charge in [-0.15, -0.1) is 0 Å². The van der Waals surface area contributed by atoms with Gasteiger partial charge in [-0.1, -0.05) is 13.0 Å². The summed E-state index contributed by atoms with van der Waals surface area (Å²) in [5, 5.41) is 14.1. The molecule has 1 fully saturated rings. The van der Waals surface area contributed by atoms with Crippen molar-refractivity contribution in [2.45, 2.75) is 19.8 Å². The maximum atomic E-state index is 10.7. The predicted molar refractivity (Wildman–Crippen MR) is 76.4 cm³/mol. The van der Waals surface area contributed by atoms with Gasteiger partial charge < -0.3 is 10.2 Å². The predicted octanol–water partition coefficient (Wildman–Crippen LogP) is 2.74. The first-order chi connectivity index (χ1) is 8.98. The molecule has 1 heterocycles. The first kappa shape index (κ1) is 13.8. The largest absolute Gasteiger partial charge is 0.384 e. The molecule has 1 aliphatic rings. The van der Waals surface area contributed by atoms with E-state index in [1.165, 1.54) is 6.07 Å². The molecule has 0 saturated carbocycles. The zero-order valence-electron chi connectivity index (χ0n) is 11.6. The minimum Gasteiger partial charge on any atom is -0.384 e. The highest BCUT2D eigenvalue weighted by Gasteiger charge is 2.28. The van der Waals surface area contributed by atoms with E-state index in [1.54, 1.807) is 12.1 Å². The monoisotopic (exact) mass is 263 g/mol. The molecule has 104 valence electrons. The fourth-order valence-corrected chi connectivity index (χ4v) is 2.38. The Morgan fingerprint density at radius 2 is 2.11 bits per heavy atom. The normalized spacial score (nSPS) is 19.1. The molecule has 2 rings (SSSR count). The molecular formula is C14H21N3O2. The van der Waals surface area contributed by atoms with Crippen LogP contribution in [0.25, 0.3) is 0 Å². The minimum absolute atomic E-state index is 0.138. The molecule has 0 aliphatic carbocycles. The van der Waals surface area contributed by atoms with Crippen molar-refractivity contribution in [3.05, 3.63) is 34.4 Å². The zero-order valence-corrected chi connectivity index (χ0v) is 11.6. The standard InChI is InChI=1S/C14H21N3O2/c1-14(6-8-16(2)9-7-14)11-15-12-4-3-5-13(10-12)17(18)19/h3-5,10,15H,6-9,11H2,1-2H3. The van der Waals surface area contributed by atoms with Crippen molar-refractivity contribution in [3.63, 3.8) is 0 Å². The van der Waals surface area contributed by atoms with Gasteiger partial charge in [0.25, 0.3) is 5.69 Å². The van der Waals surface area contributed by atoms with Gasteiger partial charge in [0.1, 0.15) is 0 Å². The number of benzene rings is 1. The van der Waals surface area contributed by atoms with Crippen molar-refractivity contribution in [2.24, 2.45) is 5.41 Å². The molecular weight excluding hydrogens is 242 g/mol. The van der Waals surface area contributed by atoms with Gasteiger partial charge >= 0.3 is 0 Å². The first-order valence-electron chi connectivity index (χ1n) is 6.65. The lowest BCUT2D eigenvalue weighted by Gasteiger charge is -2.38. The molecule has 0 bridgehead atoms. The fraction of sp³-hybridized carbons (Fsp3) is 0.571. The van der Waals surface area contributed by atoms with Crippen LogP contribution < -0.4 is 5.32 Å². The number of nitro benzene ring substituents is 1. The average Bonchev–Trinajstić information content (AvgIpc) is 2.41. The third kappa shape index (κ3) is 3.67. The van der Waals surface area contributed by atoms with Crippen LogP contribution in [0.1, 0.15) is 19.8 Å². The Morgan fingerprint density at radius 3 is 2.74 bits per heavy atom. The number of piperidine rings is 1. The lowest BCUT2D eigenvalue weighted by molar-refractivity contribution is -0.384. The number of hydrogen-bond donors (Lipinski definition) is 1. The van der Waals surface area contributed by atoms with E-state index in [1.807, 2.05) is 6.07 Å². The van der Waals surface area contributed by atoms with E-state index in [4.69, 9.17) is 0 Å². The van der Waals surface area contributed by atoms with Crippen molar-refractivity contribution in [1.82, 2.24) is 4.90 Å². The third-order valence-corrected chi connectivity index (χ3v) is 3.97. The van der Waals surface area contributed by atoms with Crippen LogP contribution in [-0.4, -0.2) is 36.5 Å². The minimum atomic E-state index is -0.359. The fourth-order valence-electron chi connectivity index (χ4n) is 2.38. The lowest BCUT2D eigenvalue weighted by Crippen LogP contribution is -2.40. The molecule has 1 aliphatic heterocycles. The molecule has 1 saturated heterocycles. The molecule has 1 aromatic rings. The number of likely N-dealkylation sites (tertiary alicyclic amines) is 1. The summed E-state index contributed by atoms with van der Waals surface area (Å²) in [6.07, 6.45) is 2.32. The number of nitrogens with zero attached hydrogens (tertiary/aromatic N) is 2. The summed E-state index contributed by atoms with van der Waals surface area (Å²) in [6, 6.07) is 6.71. The number of non-ortho nitro benzene ring substituents is 1. The van der Waals surface area contributed by atoms with Gasteiger partial charge in [0.05, 0.1) is 4.92 Å². The second-order valence-corrected chi connectivity index (χ2v) is 5.77. The molecule has 0 radical (unpaired) electrons. The Balaban J connectivity index is 1.95. The van der Waals surface area contributed by atoms with Gasteiger partial charge in [-0.3, -0.25) is 10.1 Å². The summed E-state index contributed by atoms with van der Waals surface area (Å²) in [4.78, 5) is 12.7. The van der Waals surface area contributed by atoms with Gasteiger partial charge in [0.15, 0.2) is 0 Å². The Morgan fingerprint density at radius 1 is 1.42 bits per heavy atom. The molecule has 5 heteroatoms. The molecule has 0 amide bonds. The zero-order chi connectivity index (χ0) is 13.9. The Bertz CT molecular complexity index is 454. The summed E-state index contributed by atoms with van der Waals surface area (Å²) in [7, 11) is 2.15. The van der Waals surface area contributed by atoms with Gasteiger partial charge in [0.2, 0.25) is 0 Å². The van der Waals surface area contributed by atoms with E-state index in [-0.39, 0.29) is 16.0 Å². The van der Waals surface area contributed by atoms with E-state index < -0.39 is 0 Å². The van der Waals surface area contributed by atoms with Crippen molar-refractivity contribution in [2.75, 3.05) is 32.0 Å². The van der Waals surface area contributed by atoms with Crippen LogP contribution >= 0.6 is 0 Å². The van der Waals surface area contributed by atoms with Crippen molar-refractivity contribution in [1.29, 1.82) is 0 Å². The summed E-state index contributed by atoms with van der Waals surface area (Å²) < 4.78 is 0. The van der Waals surface area contributed by atoms with E-state index >= 15 is 0 Å². The molecule has 1 aromatic carbocycles. The van der Waals surface area contributed by atoms with Crippen LogP contribution in [0.5, 0.6) is 0 Å². The van der Waals surface area contributed by atoms with Crippen LogP contribution in [0, 0.1) is 15.5 Å². The number of rotatable bonds is 4. The molecule has 0 aromatic heterocycles. The Labute approximate surface area is 113 Å². The average molecular weight is 263 g/mol. The summed E-state index contributed by atoms with van der Waals surface area (Å²) in [5.41, 5.74) is 1.24. The molecule has 5 nitrogen and oxygen atoms in total. The molecule has 1 N–H and O–H groups in total. The van der Waals surface area contributed by atoms with Crippen LogP contribution in [0.4, 0.5) is 11.4 Å². The number of anilines is 1. The first-order valence-corrected chi connectivity index (χ1v) is 6.65. The van der Waals surface area contributed by atoms with E-state index in [0.717, 1.165) is 38.2 Å². The highest BCUT2D eigenvalue weighted by Crippen LogP contribution is 2.31. The summed E-state index contributed by atoms with van der Waals surface area (Å²) >= 11 is 0. The van der Waals surface area contributed by atoms with Crippen LogP contribution in [0.2, 0.25) is 0 Å². The van der Waals surface area contributed by atoms with E-state index in [9.17, 15) is 10.1 Å². The Hall–Kier alpha value is -1.62. The quantitative estimate of drug-likeness (QED) is 0.670. The van der Waals surface area contributed by atoms with Crippen molar-refractivity contribution in [3.8, 4) is 0 Å². The third-order valence-electron chi connectivity index (χ3n) is 3.97. The van der Waals surface area contributed by atoms with E-state index in [0.29, 0.717) is 0 Å². The van der Waals surface area contributed by atoms with Crippen molar-refractivity contribution < 1.29 is 4.92 Å². The van der Waals surface area contributed by atoms with E-state index in [2.05, 4.69) is 24.2 Å². The SMILES string of the molecule is CN1CCC(C)(CNc2cccc([N+](=O)[O-])c2)CC1. The number of nitro groups is 1. The smallest absolute Gasteiger partial charge is 0.271 e. The lowest BCUT2D eigenvalue weighted by atomic mass is 9.80. The van der Waals surface area contributed by atoms with Gasteiger partial charge in [-0.05, 0) is 44.5 Å². The van der Waals surface area contributed by atoms with Crippen LogP contribution in [-0.2, 0) is 0 Å². The number of hydrogen-bond acceptors (Lipinski definition) is 4. The molecule has 0 unspecified atom stereocenters. The maximum absolute atomic E-state index is 10.7. The summed E-state index contributed by atoms with van der Waals surface area (Å²) in [6.45, 7) is 5.38. The van der Waals surface area contributed by atoms with Gasteiger partial charge in [0, 0.05) is 24.4 Å². The number of nitrogens with one attached hydrogen (secondary N) is 1. The second-order valence-electron chi connectivity index (χ2n) is 5.77. The Kier molecular flexibility index (Phi) is 4.04. The molecule has 0 atom stereocenters. The van der Waals surface area contributed by atoms with Crippen molar-refractivity contribution >= 4 is 11.4 Å². The molecule has 0 spiro atoms. The summed E-state index contributed by atoms with van der Waals surface area (Å²) in [5.74, 6) is 0. The van der Waals surface area contributed by atoms with Crippen LogP contribution in [0.15, 0.2) is 24.3 Å². The molecule has 19 heavy (non-hydrogen) atoms. The van der Waals surface area contributed by atoms with Crippen LogP contribution in [0.3, 0.4) is 0 Å². The second kappa shape index (κ2) is 5.57. The maximum Gasteiger partial charge on any atom is 0.271 e. The van der Waals surface area contributed by atoms with Gasteiger partial charge in [-0.25, -0.2) is 0 Å². The highest BCUT2D eigenvalue weighted by molar-refractivity contribution is 5.51. The highest BCUT2D eigenvalue weighted by atomic mass is 16.6. The topological polar surface area (TPSA) is 58.4 Å².